The Labute approximate surface area is 98.9 Å². The van der Waals surface area contributed by atoms with E-state index in [0.29, 0.717) is 17.3 Å². The lowest BCUT2D eigenvalue weighted by molar-refractivity contribution is -0.0236. The quantitative estimate of drug-likeness (QED) is 0.620. The molecule has 16 heavy (non-hydrogen) atoms. The molecule has 0 saturated heterocycles. The SMILES string of the molecule is CC1=CC[C@@H]2[C@@H]1[C@H]1[C@@H](CC[C@@]2(C)O)C1(C)C. The molecule has 3 aliphatic carbocycles. The van der Waals surface area contributed by atoms with E-state index in [-0.39, 0.29) is 0 Å². The van der Waals surface area contributed by atoms with Gasteiger partial charge in [0.1, 0.15) is 0 Å². The van der Waals surface area contributed by atoms with E-state index >= 15 is 0 Å². The Hall–Kier alpha value is -0.300. The molecule has 0 unspecified atom stereocenters. The van der Waals surface area contributed by atoms with Gasteiger partial charge in [-0.2, -0.15) is 0 Å². The predicted molar refractivity (Wildman–Crippen MR) is 66.0 cm³/mol. The molecular weight excluding hydrogens is 196 g/mol. The third-order valence-electron chi connectivity index (χ3n) is 5.94. The number of hydrogen-bond acceptors (Lipinski definition) is 1. The van der Waals surface area contributed by atoms with Crippen molar-refractivity contribution in [2.75, 3.05) is 0 Å². The van der Waals surface area contributed by atoms with E-state index in [9.17, 15) is 5.11 Å². The van der Waals surface area contributed by atoms with Crippen LogP contribution in [-0.4, -0.2) is 10.7 Å². The van der Waals surface area contributed by atoms with Crippen molar-refractivity contribution in [3.8, 4) is 0 Å². The van der Waals surface area contributed by atoms with Gasteiger partial charge in [0.15, 0.2) is 0 Å². The normalized spacial score (nSPS) is 53.7. The zero-order valence-corrected chi connectivity index (χ0v) is 11.0. The molecule has 0 spiro atoms. The minimum atomic E-state index is -0.428. The van der Waals surface area contributed by atoms with Crippen LogP contribution in [-0.2, 0) is 0 Å². The molecule has 0 aromatic carbocycles. The first-order valence-electron chi connectivity index (χ1n) is 6.75. The van der Waals surface area contributed by atoms with Crippen LogP contribution in [0, 0.1) is 29.1 Å². The van der Waals surface area contributed by atoms with Gasteiger partial charge in [0.05, 0.1) is 5.60 Å². The number of fused-ring (bicyclic) bond motifs is 3. The number of rotatable bonds is 0. The van der Waals surface area contributed by atoms with Gasteiger partial charge < -0.3 is 5.11 Å². The highest BCUT2D eigenvalue weighted by atomic mass is 16.3. The molecule has 2 saturated carbocycles. The molecule has 0 aromatic heterocycles. The highest BCUT2D eigenvalue weighted by Gasteiger charge is 2.65. The van der Waals surface area contributed by atoms with Gasteiger partial charge in [-0.15, -0.1) is 0 Å². The maximum Gasteiger partial charge on any atom is 0.0656 e. The Morgan fingerprint density at radius 2 is 1.94 bits per heavy atom. The Morgan fingerprint density at radius 3 is 2.62 bits per heavy atom. The second-order valence-electron chi connectivity index (χ2n) is 7.17. The number of aliphatic hydroxyl groups is 1. The Bertz CT molecular complexity index is 350. The fourth-order valence-corrected chi connectivity index (χ4v) is 4.77. The monoisotopic (exact) mass is 220 g/mol. The summed E-state index contributed by atoms with van der Waals surface area (Å²) in [7, 11) is 0. The van der Waals surface area contributed by atoms with E-state index in [1.165, 1.54) is 6.42 Å². The van der Waals surface area contributed by atoms with Crippen LogP contribution in [0.15, 0.2) is 11.6 Å². The maximum absolute atomic E-state index is 10.6. The van der Waals surface area contributed by atoms with Crippen molar-refractivity contribution in [2.24, 2.45) is 29.1 Å². The largest absolute Gasteiger partial charge is 0.390 e. The topological polar surface area (TPSA) is 20.2 Å². The van der Waals surface area contributed by atoms with E-state index in [4.69, 9.17) is 0 Å². The minimum absolute atomic E-state index is 0.428. The summed E-state index contributed by atoms with van der Waals surface area (Å²) in [5.41, 5.74) is 1.65. The summed E-state index contributed by atoms with van der Waals surface area (Å²) in [5, 5.41) is 10.6. The second kappa shape index (κ2) is 2.93. The lowest BCUT2D eigenvalue weighted by Gasteiger charge is -2.35. The first-order valence-corrected chi connectivity index (χ1v) is 6.75. The van der Waals surface area contributed by atoms with Gasteiger partial charge in [0.2, 0.25) is 0 Å². The van der Waals surface area contributed by atoms with E-state index in [2.05, 4.69) is 33.8 Å². The summed E-state index contributed by atoms with van der Waals surface area (Å²) in [4.78, 5) is 0. The first-order chi connectivity index (χ1) is 7.36. The fourth-order valence-electron chi connectivity index (χ4n) is 4.77. The van der Waals surface area contributed by atoms with Crippen molar-refractivity contribution in [3.05, 3.63) is 11.6 Å². The highest BCUT2D eigenvalue weighted by molar-refractivity contribution is 5.25. The molecule has 0 heterocycles. The molecule has 5 atom stereocenters. The second-order valence-corrected chi connectivity index (χ2v) is 7.17. The Morgan fingerprint density at radius 1 is 1.25 bits per heavy atom. The first kappa shape index (κ1) is 10.8. The molecule has 3 rings (SSSR count). The van der Waals surface area contributed by atoms with Crippen LogP contribution in [0.25, 0.3) is 0 Å². The smallest absolute Gasteiger partial charge is 0.0656 e. The van der Waals surface area contributed by atoms with Crippen molar-refractivity contribution in [1.82, 2.24) is 0 Å². The molecule has 0 amide bonds. The molecule has 0 radical (unpaired) electrons. The van der Waals surface area contributed by atoms with Crippen LogP contribution in [0.4, 0.5) is 0 Å². The van der Waals surface area contributed by atoms with Gasteiger partial charge in [-0.1, -0.05) is 25.5 Å². The average molecular weight is 220 g/mol. The van der Waals surface area contributed by atoms with E-state index in [0.717, 1.165) is 24.7 Å². The summed E-state index contributed by atoms with van der Waals surface area (Å²) in [5.74, 6) is 2.85. The van der Waals surface area contributed by atoms with Crippen LogP contribution in [0.1, 0.15) is 47.0 Å². The summed E-state index contributed by atoms with van der Waals surface area (Å²) in [6.07, 6.45) is 5.70. The van der Waals surface area contributed by atoms with Gasteiger partial charge in [-0.3, -0.25) is 0 Å². The van der Waals surface area contributed by atoms with E-state index in [1.54, 1.807) is 5.57 Å². The highest BCUT2D eigenvalue weighted by Crippen LogP contribution is 2.70. The summed E-state index contributed by atoms with van der Waals surface area (Å²) in [6, 6.07) is 0. The minimum Gasteiger partial charge on any atom is -0.390 e. The molecule has 0 aromatic rings. The van der Waals surface area contributed by atoms with Crippen molar-refractivity contribution in [1.29, 1.82) is 0 Å². The van der Waals surface area contributed by atoms with Crippen LogP contribution in [0.5, 0.6) is 0 Å². The molecule has 1 nitrogen and oxygen atoms in total. The van der Waals surface area contributed by atoms with Gasteiger partial charge in [0.25, 0.3) is 0 Å². The third-order valence-corrected chi connectivity index (χ3v) is 5.94. The van der Waals surface area contributed by atoms with Crippen molar-refractivity contribution < 1.29 is 5.11 Å². The molecule has 1 heteroatoms. The molecule has 3 aliphatic rings. The number of allylic oxidation sites excluding steroid dienone is 2. The van der Waals surface area contributed by atoms with Gasteiger partial charge in [-0.05, 0) is 62.2 Å². The maximum atomic E-state index is 10.6. The summed E-state index contributed by atoms with van der Waals surface area (Å²) in [6.45, 7) is 9.18. The number of hydrogen-bond donors (Lipinski definition) is 1. The molecule has 1 N–H and O–H groups in total. The summed E-state index contributed by atoms with van der Waals surface area (Å²) >= 11 is 0. The molecular formula is C15H24O. The lowest BCUT2D eigenvalue weighted by Crippen LogP contribution is -2.37. The van der Waals surface area contributed by atoms with Crippen molar-refractivity contribution in [3.63, 3.8) is 0 Å². The van der Waals surface area contributed by atoms with Gasteiger partial charge in [0, 0.05) is 0 Å². The van der Waals surface area contributed by atoms with Crippen LogP contribution in [0.3, 0.4) is 0 Å². The predicted octanol–water partition coefficient (Wildman–Crippen LogP) is 3.39. The Balaban J connectivity index is 1.97. The average Bonchev–Trinajstić information content (AvgIpc) is 2.51. The Kier molecular flexibility index (Phi) is 1.98. The zero-order valence-electron chi connectivity index (χ0n) is 11.0. The van der Waals surface area contributed by atoms with Crippen LogP contribution < -0.4 is 0 Å². The standard InChI is InChI=1S/C15H24O/c1-9-5-6-10-12(9)13-11(14(13,2)3)7-8-15(10,4)16/h5,10-13,16H,6-8H2,1-4H3/t10-,11-,12-,13-,15-/m1/s1. The van der Waals surface area contributed by atoms with Crippen molar-refractivity contribution in [2.45, 2.75) is 52.6 Å². The lowest BCUT2D eigenvalue weighted by atomic mass is 9.74. The van der Waals surface area contributed by atoms with E-state index in [1.807, 2.05) is 0 Å². The van der Waals surface area contributed by atoms with Crippen LogP contribution >= 0.6 is 0 Å². The summed E-state index contributed by atoms with van der Waals surface area (Å²) < 4.78 is 0. The fraction of sp³-hybridized carbons (Fsp3) is 0.867. The molecule has 0 bridgehead atoms. The molecule has 0 aliphatic heterocycles. The zero-order chi connectivity index (χ0) is 11.7. The molecule has 2 fully saturated rings. The van der Waals surface area contributed by atoms with Gasteiger partial charge >= 0.3 is 0 Å². The van der Waals surface area contributed by atoms with E-state index < -0.39 is 5.60 Å². The molecule has 90 valence electrons. The van der Waals surface area contributed by atoms with Crippen LogP contribution in [0.2, 0.25) is 0 Å². The van der Waals surface area contributed by atoms with Crippen molar-refractivity contribution >= 4 is 0 Å². The van der Waals surface area contributed by atoms with Gasteiger partial charge in [-0.25, -0.2) is 0 Å². The third kappa shape index (κ3) is 1.21.